The third kappa shape index (κ3) is 1.67. The molecule has 0 aromatic carbocycles. The Labute approximate surface area is 109 Å². The van der Waals surface area contributed by atoms with E-state index >= 15 is 0 Å². The summed E-state index contributed by atoms with van der Waals surface area (Å²) < 4.78 is 5.45. The highest BCUT2D eigenvalue weighted by Crippen LogP contribution is 2.44. The molecule has 0 spiro atoms. The molecule has 0 aromatic heterocycles. The zero-order valence-corrected chi connectivity index (χ0v) is 11.5. The topological polar surface area (TPSA) is 25.2 Å². The molecule has 3 aliphatic rings. The predicted octanol–water partition coefficient (Wildman–Crippen LogP) is 3.78. The monoisotopic (exact) mass is 243 g/mol. The number of hydrogen-bond donors (Lipinski definition) is 1. The predicted molar refractivity (Wildman–Crippen MR) is 74.4 cm³/mol. The van der Waals surface area contributed by atoms with Gasteiger partial charge in [0.25, 0.3) is 0 Å². The summed E-state index contributed by atoms with van der Waals surface area (Å²) in [6, 6.07) is 0. The van der Waals surface area contributed by atoms with Gasteiger partial charge in [-0.25, -0.2) is 0 Å². The van der Waals surface area contributed by atoms with Gasteiger partial charge in [0.2, 0.25) is 0 Å². The van der Waals surface area contributed by atoms with E-state index in [9.17, 15) is 0 Å². The van der Waals surface area contributed by atoms with Crippen molar-refractivity contribution in [3.8, 4) is 11.1 Å². The Balaban J connectivity index is 2.18. The highest BCUT2D eigenvalue weighted by atomic mass is 16.3. The lowest BCUT2D eigenvalue weighted by Crippen LogP contribution is -2.27. The first-order valence-electron chi connectivity index (χ1n) is 6.86. The Bertz CT molecular complexity index is 535. The summed E-state index contributed by atoms with van der Waals surface area (Å²) in [6.45, 7) is 8.94. The van der Waals surface area contributed by atoms with Crippen LogP contribution in [0.3, 0.4) is 0 Å². The van der Waals surface area contributed by atoms with Crippen LogP contribution in [0.4, 0.5) is 0 Å². The van der Waals surface area contributed by atoms with E-state index in [2.05, 4.69) is 26.1 Å². The van der Waals surface area contributed by atoms with Crippen molar-refractivity contribution in [1.29, 1.82) is 0 Å². The van der Waals surface area contributed by atoms with Crippen molar-refractivity contribution in [2.75, 3.05) is 13.1 Å². The molecule has 0 saturated carbocycles. The molecule has 18 heavy (non-hydrogen) atoms. The Hall–Kier alpha value is -1.28. The molecular weight excluding hydrogens is 222 g/mol. The normalized spacial score (nSPS) is 17.5. The van der Waals surface area contributed by atoms with Crippen molar-refractivity contribution in [1.82, 2.24) is 5.32 Å². The molecule has 1 aliphatic carbocycles. The summed E-state index contributed by atoms with van der Waals surface area (Å²) >= 11 is 0. The van der Waals surface area contributed by atoms with E-state index in [1.807, 2.05) is 12.5 Å². The molecule has 1 N–H and O–H groups in total. The largest absolute Gasteiger partial charge is 0.472 e. The average molecular weight is 243 g/mol. The number of hydrogen-bond acceptors (Lipinski definition) is 2. The Morgan fingerprint density at radius 1 is 1.06 bits per heavy atom. The van der Waals surface area contributed by atoms with E-state index in [0.717, 1.165) is 13.1 Å². The molecule has 3 rings (SSSR count). The van der Waals surface area contributed by atoms with Gasteiger partial charge in [-0.05, 0) is 80.4 Å². The summed E-state index contributed by atoms with van der Waals surface area (Å²) in [5, 5.41) is 3.45. The maximum atomic E-state index is 5.45. The van der Waals surface area contributed by atoms with Gasteiger partial charge < -0.3 is 9.73 Å². The smallest absolute Gasteiger partial charge is 0.0982 e. The Morgan fingerprint density at radius 3 is 2.50 bits per heavy atom. The maximum Gasteiger partial charge on any atom is 0.0982 e. The van der Waals surface area contributed by atoms with Crippen molar-refractivity contribution in [2.24, 2.45) is 0 Å². The van der Waals surface area contributed by atoms with E-state index in [1.165, 1.54) is 40.7 Å². The van der Waals surface area contributed by atoms with Gasteiger partial charge in [-0.3, -0.25) is 0 Å². The van der Waals surface area contributed by atoms with Crippen molar-refractivity contribution in [3.05, 3.63) is 34.8 Å². The average Bonchev–Trinajstić information content (AvgIpc) is 2.65. The number of nitrogens with one attached hydrogen (secondary N) is 1. The quantitative estimate of drug-likeness (QED) is 0.824. The molecule has 2 heteroatoms. The molecule has 2 aliphatic heterocycles. The van der Waals surface area contributed by atoms with Gasteiger partial charge in [-0.15, -0.1) is 0 Å². The molecule has 0 bridgehead atoms. The van der Waals surface area contributed by atoms with Gasteiger partial charge in [-0.2, -0.15) is 0 Å². The van der Waals surface area contributed by atoms with Crippen molar-refractivity contribution >= 4 is 0 Å². The number of fused-ring (bicyclic) bond motifs is 1. The maximum absolute atomic E-state index is 5.45. The van der Waals surface area contributed by atoms with Crippen LogP contribution in [-0.4, -0.2) is 13.1 Å². The minimum atomic E-state index is 0.712. The second-order valence-corrected chi connectivity index (χ2v) is 5.53. The molecule has 0 radical (unpaired) electrons. The van der Waals surface area contributed by atoms with E-state index in [0.29, 0.717) is 5.92 Å². The molecule has 0 atom stereocenters. The van der Waals surface area contributed by atoms with Crippen molar-refractivity contribution < 1.29 is 4.42 Å². The SMILES string of the molecule is Cc1cocc2c(C)c(C)c(C3CCNCC3)c1-2. The van der Waals surface area contributed by atoms with Gasteiger partial charge in [0.05, 0.1) is 12.5 Å². The van der Waals surface area contributed by atoms with Gasteiger partial charge in [0, 0.05) is 5.56 Å². The summed E-state index contributed by atoms with van der Waals surface area (Å²) in [5.41, 5.74) is 8.48. The minimum Gasteiger partial charge on any atom is -0.472 e. The fraction of sp³-hybridized carbons (Fsp3) is 0.500. The van der Waals surface area contributed by atoms with Crippen LogP contribution in [0.5, 0.6) is 0 Å². The molecule has 1 fully saturated rings. The first-order chi connectivity index (χ1) is 8.70. The molecule has 0 unspecified atom stereocenters. The second kappa shape index (κ2) is 4.43. The Kier molecular flexibility index (Phi) is 2.90. The zero-order valence-electron chi connectivity index (χ0n) is 11.5. The lowest BCUT2D eigenvalue weighted by atomic mass is 9.86. The number of aryl methyl sites for hydroxylation is 1. The van der Waals surface area contributed by atoms with E-state index < -0.39 is 0 Å². The summed E-state index contributed by atoms with van der Waals surface area (Å²) in [6.07, 6.45) is 6.30. The molecule has 96 valence electrons. The van der Waals surface area contributed by atoms with Crippen LogP contribution in [0.25, 0.3) is 11.1 Å². The highest BCUT2D eigenvalue weighted by Gasteiger charge is 2.27. The van der Waals surface area contributed by atoms with Crippen molar-refractivity contribution in [3.63, 3.8) is 0 Å². The molecule has 2 nitrogen and oxygen atoms in total. The minimum absolute atomic E-state index is 0.712. The number of rotatable bonds is 1. The molecule has 2 heterocycles. The van der Waals surface area contributed by atoms with Crippen LogP contribution >= 0.6 is 0 Å². The van der Waals surface area contributed by atoms with Gasteiger partial charge in [-0.1, -0.05) is 0 Å². The zero-order chi connectivity index (χ0) is 12.7. The molecule has 0 amide bonds. The fourth-order valence-electron chi connectivity index (χ4n) is 3.38. The first-order valence-corrected chi connectivity index (χ1v) is 6.86. The third-order valence-electron chi connectivity index (χ3n) is 4.48. The van der Waals surface area contributed by atoms with Crippen LogP contribution in [0.2, 0.25) is 0 Å². The lowest BCUT2D eigenvalue weighted by molar-refractivity contribution is 0.460. The highest BCUT2D eigenvalue weighted by molar-refractivity contribution is 5.80. The van der Waals surface area contributed by atoms with Crippen LogP contribution in [0, 0.1) is 20.8 Å². The van der Waals surface area contributed by atoms with Gasteiger partial charge >= 0.3 is 0 Å². The summed E-state index contributed by atoms with van der Waals surface area (Å²) in [5.74, 6) is 0.712. The molecule has 0 aromatic rings. The standard InChI is InChI=1S/C16H21NO/c1-10-8-18-9-14-11(2)12(3)16(15(10)14)13-4-6-17-7-5-13/h8-9,13,17H,4-7H2,1-3H3. The molecular formula is C16H21NO. The number of piperidine rings is 1. The van der Waals surface area contributed by atoms with E-state index in [4.69, 9.17) is 4.42 Å². The van der Waals surface area contributed by atoms with Crippen LogP contribution in [0.15, 0.2) is 16.9 Å². The van der Waals surface area contributed by atoms with Crippen LogP contribution in [-0.2, 0) is 0 Å². The lowest BCUT2D eigenvalue weighted by Gasteiger charge is -2.24. The summed E-state index contributed by atoms with van der Waals surface area (Å²) in [4.78, 5) is 0. The third-order valence-corrected chi connectivity index (χ3v) is 4.48. The second-order valence-electron chi connectivity index (χ2n) is 5.53. The van der Waals surface area contributed by atoms with E-state index in [-0.39, 0.29) is 0 Å². The Morgan fingerprint density at radius 2 is 1.78 bits per heavy atom. The fourth-order valence-corrected chi connectivity index (χ4v) is 3.38. The van der Waals surface area contributed by atoms with Gasteiger partial charge in [0.1, 0.15) is 0 Å². The van der Waals surface area contributed by atoms with Gasteiger partial charge in [0.15, 0.2) is 0 Å². The molecule has 1 saturated heterocycles. The first kappa shape index (κ1) is 11.8. The van der Waals surface area contributed by atoms with Crippen LogP contribution in [0.1, 0.15) is 41.0 Å². The summed E-state index contributed by atoms with van der Waals surface area (Å²) in [7, 11) is 0. The van der Waals surface area contributed by atoms with E-state index in [1.54, 1.807) is 5.56 Å². The van der Waals surface area contributed by atoms with Crippen LogP contribution < -0.4 is 5.32 Å². The van der Waals surface area contributed by atoms with Crippen molar-refractivity contribution in [2.45, 2.75) is 39.5 Å².